The number of anilines is 2. The van der Waals surface area contributed by atoms with E-state index in [1.165, 1.54) is 0 Å². The molecule has 3 rings (SSSR count). The van der Waals surface area contributed by atoms with Crippen LogP contribution in [0.3, 0.4) is 0 Å². The molecule has 0 amide bonds. The number of piperazine rings is 1. The van der Waals surface area contributed by atoms with Crippen LogP contribution < -0.4 is 20.3 Å². The van der Waals surface area contributed by atoms with E-state index >= 15 is 4.39 Å². The molecule has 0 aliphatic carbocycles. The van der Waals surface area contributed by atoms with Crippen LogP contribution in [-0.4, -0.2) is 48.6 Å². The minimum absolute atomic E-state index is 0.194. The minimum atomic E-state index is -0.650. The number of carbonyl (C=O) groups is 1. The summed E-state index contributed by atoms with van der Waals surface area (Å²) in [4.78, 5) is 20.2. The summed E-state index contributed by atoms with van der Waals surface area (Å²) in [7, 11) is 0. The predicted molar refractivity (Wildman–Crippen MR) is 122 cm³/mol. The average molecular weight is 444 g/mol. The molecule has 1 aromatic carbocycles. The Morgan fingerprint density at radius 2 is 1.84 bits per heavy atom. The highest BCUT2D eigenvalue weighted by Gasteiger charge is 2.22. The molecule has 0 radical (unpaired) electrons. The largest absolute Gasteiger partial charge is 0.472 e. The smallest absolute Gasteiger partial charge is 0.313 e. The molecule has 8 nitrogen and oxygen atoms in total. The second-order valence-electron chi connectivity index (χ2n) is 8.66. The van der Waals surface area contributed by atoms with Gasteiger partial charge in [0.15, 0.2) is 5.82 Å². The van der Waals surface area contributed by atoms with Crippen molar-refractivity contribution in [2.24, 2.45) is 5.73 Å². The molecule has 1 saturated heterocycles. The van der Waals surface area contributed by atoms with Gasteiger partial charge < -0.3 is 25.0 Å². The number of ether oxygens (including phenoxy) is 2. The summed E-state index contributed by atoms with van der Waals surface area (Å²) in [6.07, 6.45) is 1.49. The highest BCUT2D eigenvalue weighted by molar-refractivity contribution is 5.94. The number of hydrogen-bond donors (Lipinski definition) is 2. The first kappa shape index (κ1) is 23.3. The van der Waals surface area contributed by atoms with E-state index in [4.69, 9.17) is 20.6 Å². The number of benzene rings is 1. The van der Waals surface area contributed by atoms with Crippen molar-refractivity contribution >= 4 is 23.2 Å². The number of nitrogens with two attached hydrogens (primary N) is 1. The third kappa shape index (κ3) is 6.32. The van der Waals surface area contributed by atoms with Crippen LogP contribution in [0, 0.1) is 11.2 Å². The standard InChI is InChI=1S/C23H30FN5O3/c1-23(2,3)32-20-8-7-17(14-27-20)28-9-11-29(12-10-28)18-6-4-5-16(22(18)24)15-31-21(30)13-19(25)26/h4-8,14H,9-13,15H2,1-3H3,(H3,25,26). The molecule has 1 aromatic heterocycles. The maximum absolute atomic E-state index is 15.0. The van der Waals surface area contributed by atoms with Gasteiger partial charge in [0.2, 0.25) is 5.88 Å². The van der Waals surface area contributed by atoms with Gasteiger partial charge in [-0.3, -0.25) is 10.2 Å². The Balaban J connectivity index is 1.59. The third-order valence-electron chi connectivity index (χ3n) is 4.90. The quantitative estimate of drug-likeness (QED) is 0.385. The Bertz CT molecular complexity index is 951. The van der Waals surface area contributed by atoms with E-state index in [-0.39, 0.29) is 24.5 Å². The van der Waals surface area contributed by atoms with Gasteiger partial charge in [-0.05, 0) is 32.9 Å². The molecule has 2 aromatic rings. The van der Waals surface area contributed by atoms with Crippen LogP contribution in [0.15, 0.2) is 36.5 Å². The van der Waals surface area contributed by atoms with Gasteiger partial charge in [-0.25, -0.2) is 9.37 Å². The van der Waals surface area contributed by atoms with Crippen molar-refractivity contribution in [3.63, 3.8) is 0 Å². The Morgan fingerprint density at radius 1 is 1.16 bits per heavy atom. The van der Waals surface area contributed by atoms with E-state index in [2.05, 4.69) is 9.88 Å². The maximum Gasteiger partial charge on any atom is 0.313 e. The molecule has 32 heavy (non-hydrogen) atoms. The highest BCUT2D eigenvalue weighted by Crippen LogP contribution is 2.26. The lowest BCUT2D eigenvalue weighted by Gasteiger charge is -2.37. The molecule has 1 fully saturated rings. The van der Waals surface area contributed by atoms with Crippen LogP contribution in [0.2, 0.25) is 0 Å². The van der Waals surface area contributed by atoms with E-state index in [1.54, 1.807) is 24.4 Å². The average Bonchev–Trinajstić information content (AvgIpc) is 2.72. The Labute approximate surface area is 187 Å². The normalized spacial score (nSPS) is 14.2. The van der Waals surface area contributed by atoms with Crippen LogP contribution >= 0.6 is 0 Å². The number of nitrogens with zero attached hydrogens (tertiary/aromatic N) is 3. The zero-order chi connectivity index (χ0) is 23.3. The van der Waals surface area contributed by atoms with Gasteiger partial charge in [0.25, 0.3) is 0 Å². The lowest BCUT2D eigenvalue weighted by atomic mass is 10.1. The van der Waals surface area contributed by atoms with Crippen LogP contribution in [0.1, 0.15) is 32.8 Å². The number of aromatic nitrogens is 1. The van der Waals surface area contributed by atoms with Gasteiger partial charge in [-0.15, -0.1) is 0 Å². The van der Waals surface area contributed by atoms with E-state index < -0.39 is 11.8 Å². The molecule has 0 spiro atoms. The fraction of sp³-hybridized carbons (Fsp3) is 0.435. The van der Waals surface area contributed by atoms with E-state index in [0.29, 0.717) is 30.2 Å². The molecule has 9 heteroatoms. The van der Waals surface area contributed by atoms with Crippen LogP contribution in [0.5, 0.6) is 5.88 Å². The monoisotopic (exact) mass is 443 g/mol. The number of esters is 1. The second-order valence-corrected chi connectivity index (χ2v) is 8.66. The molecule has 2 heterocycles. The zero-order valence-corrected chi connectivity index (χ0v) is 18.7. The molecule has 172 valence electrons. The summed E-state index contributed by atoms with van der Waals surface area (Å²) in [6, 6.07) is 8.91. The molecular formula is C23H30FN5O3. The van der Waals surface area contributed by atoms with Crippen molar-refractivity contribution in [3.05, 3.63) is 47.9 Å². The van der Waals surface area contributed by atoms with E-state index in [0.717, 1.165) is 18.8 Å². The third-order valence-corrected chi connectivity index (χ3v) is 4.90. The summed E-state index contributed by atoms with van der Waals surface area (Å²) < 4.78 is 25.8. The van der Waals surface area contributed by atoms with Gasteiger partial charge in [0.05, 0.1) is 17.6 Å². The minimum Gasteiger partial charge on any atom is -0.472 e. The number of carbonyl (C=O) groups excluding carboxylic acids is 1. The van der Waals surface area contributed by atoms with Crippen molar-refractivity contribution < 1.29 is 18.7 Å². The van der Waals surface area contributed by atoms with Gasteiger partial charge in [-0.1, -0.05) is 12.1 Å². The number of hydrogen-bond acceptors (Lipinski definition) is 7. The van der Waals surface area contributed by atoms with Crippen LogP contribution in [-0.2, 0) is 16.1 Å². The summed E-state index contributed by atoms with van der Waals surface area (Å²) in [5.41, 5.74) is 6.66. The lowest BCUT2D eigenvalue weighted by Crippen LogP contribution is -2.47. The van der Waals surface area contributed by atoms with Gasteiger partial charge >= 0.3 is 5.97 Å². The van der Waals surface area contributed by atoms with Crippen LogP contribution in [0.4, 0.5) is 15.8 Å². The van der Waals surface area contributed by atoms with Crippen molar-refractivity contribution in [2.75, 3.05) is 36.0 Å². The van der Waals surface area contributed by atoms with Crippen molar-refractivity contribution in [1.82, 2.24) is 4.98 Å². The molecular weight excluding hydrogens is 413 g/mol. The summed E-state index contributed by atoms with van der Waals surface area (Å²) in [5.74, 6) is -0.748. The lowest BCUT2D eigenvalue weighted by molar-refractivity contribution is -0.143. The molecule has 0 unspecified atom stereocenters. The number of nitrogens with one attached hydrogen (secondary N) is 1. The van der Waals surface area contributed by atoms with Gasteiger partial charge in [0.1, 0.15) is 24.5 Å². The summed E-state index contributed by atoms with van der Waals surface area (Å²) in [5, 5.41) is 7.12. The predicted octanol–water partition coefficient (Wildman–Crippen LogP) is 3.09. The number of pyridine rings is 1. The molecule has 3 N–H and O–H groups in total. The first-order valence-electron chi connectivity index (χ1n) is 10.5. The first-order valence-corrected chi connectivity index (χ1v) is 10.5. The van der Waals surface area contributed by atoms with Gasteiger partial charge in [0, 0.05) is 37.8 Å². The van der Waals surface area contributed by atoms with Crippen LogP contribution in [0.25, 0.3) is 0 Å². The van der Waals surface area contributed by atoms with Crippen molar-refractivity contribution in [1.29, 1.82) is 5.41 Å². The molecule has 1 aliphatic heterocycles. The SMILES string of the molecule is CC(C)(C)Oc1ccc(N2CCN(c3cccc(COC(=O)CC(=N)N)c3F)CC2)cn1. The van der Waals surface area contributed by atoms with Gasteiger partial charge in [-0.2, -0.15) is 0 Å². The highest BCUT2D eigenvalue weighted by atomic mass is 19.1. The molecule has 0 saturated carbocycles. The topological polar surface area (TPSA) is 105 Å². The van der Waals surface area contributed by atoms with Crippen molar-refractivity contribution in [2.45, 2.75) is 39.4 Å². The zero-order valence-electron chi connectivity index (χ0n) is 18.7. The molecule has 0 atom stereocenters. The number of halogens is 1. The molecule has 1 aliphatic rings. The second kappa shape index (κ2) is 9.84. The summed E-state index contributed by atoms with van der Waals surface area (Å²) in [6.45, 7) is 8.47. The summed E-state index contributed by atoms with van der Waals surface area (Å²) >= 11 is 0. The molecule has 0 bridgehead atoms. The Morgan fingerprint density at radius 3 is 2.44 bits per heavy atom. The van der Waals surface area contributed by atoms with Crippen molar-refractivity contribution in [3.8, 4) is 5.88 Å². The first-order chi connectivity index (χ1) is 15.1. The Hall–Kier alpha value is -3.36. The number of rotatable bonds is 7. The fourth-order valence-corrected chi connectivity index (χ4v) is 3.43. The maximum atomic E-state index is 15.0. The van der Waals surface area contributed by atoms with E-state index in [1.807, 2.05) is 37.8 Å². The Kier molecular flexibility index (Phi) is 7.17. The van der Waals surface area contributed by atoms with E-state index in [9.17, 15) is 4.79 Å². The fourth-order valence-electron chi connectivity index (χ4n) is 3.43. The number of amidine groups is 1.